The van der Waals surface area contributed by atoms with E-state index >= 15 is 0 Å². The van der Waals surface area contributed by atoms with E-state index in [1.54, 1.807) is 19.4 Å². The van der Waals surface area contributed by atoms with Crippen LogP contribution in [0.25, 0.3) is 11.1 Å². The predicted molar refractivity (Wildman–Crippen MR) is 94.2 cm³/mol. The molecule has 2 fully saturated rings. The summed E-state index contributed by atoms with van der Waals surface area (Å²) in [5, 5.41) is 8.92. The number of halogens is 1. The zero-order chi connectivity index (χ0) is 16.8. The Kier molecular flexibility index (Phi) is 3.53. The lowest BCUT2D eigenvalue weighted by atomic mass is 10.1. The predicted octanol–water partition coefficient (Wildman–Crippen LogP) is 3.39. The first-order chi connectivity index (χ1) is 11.6. The molecular weight excluding hydrogens is 324 g/mol. The number of guanidine groups is 1. The van der Waals surface area contributed by atoms with Gasteiger partial charge in [0, 0.05) is 30.7 Å². The molecule has 2 heterocycles. The molecular formula is C18H17ClN4O. The van der Waals surface area contributed by atoms with Crippen molar-refractivity contribution >= 4 is 29.2 Å². The lowest BCUT2D eigenvalue weighted by Crippen LogP contribution is -2.37. The summed E-state index contributed by atoms with van der Waals surface area (Å²) in [6.07, 6.45) is 5.45. The van der Waals surface area contributed by atoms with E-state index in [9.17, 15) is 4.79 Å². The van der Waals surface area contributed by atoms with Gasteiger partial charge in [-0.25, -0.2) is 0 Å². The molecule has 1 amide bonds. The molecule has 1 aromatic heterocycles. The summed E-state index contributed by atoms with van der Waals surface area (Å²) in [5.41, 5.74) is 2.73. The van der Waals surface area contributed by atoms with Crippen molar-refractivity contribution < 1.29 is 4.79 Å². The number of likely N-dealkylation sites (N-methyl/N-ethyl adjacent to an activating group) is 1. The number of rotatable bonds is 3. The van der Waals surface area contributed by atoms with Crippen molar-refractivity contribution in [2.24, 2.45) is 5.92 Å². The number of hydrogen-bond donors (Lipinski definition) is 1. The summed E-state index contributed by atoms with van der Waals surface area (Å²) in [7, 11) is 1.67. The highest BCUT2D eigenvalue weighted by atomic mass is 35.5. The number of benzene rings is 1. The van der Waals surface area contributed by atoms with Gasteiger partial charge >= 0.3 is 0 Å². The van der Waals surface area contributed by atoms with Crippen LogP contribution in [0.15, 0.2) is 42.7 Å². The molecule has 2 aromatic rings. The summed E-state index contributed by atoms with van der Waals surface area (Å²) in [6.45, 7) is 0. The highest BCUT2D eigenvalue weighted by Gasteiger charge is 2.49. The number of pyridine rings is 1. The lowest BCUT2D eigenvalue weighted by molar-refractivity contribution is -0.126. The highest BCUT2D eigenvalue weighted by molar-refractivity contribution is 6.30. The third-order valence-electron chi connectivity index (χ3n) is 4.64. The topological polar surface area (TPSA) is 60.3 Å². The van der Waals surface area contributed by atoms with Crippen LogP contribution in [0.4, 0.5) is 5.69 Å². The fraction of sp³-hybridized carbons (Fsp3) is 0.278. The van der Waals surface area contributed by atoms with E-state index in [2.05, 4.69) is 4.98 Å². The third kappa shape index (κ3) is 2.45. The van der Waals surface area contributed by atoms with Crippen LogP contribution in [0.2, 0.25) is 5.02 Å². The van der Waals surface area contributed by atoms with E-state index in [4.69, 9.17) is 17.0 Å². The average molecular weight is 341 g/mol. The van der Waals surface area contributed by atoms with Crippen molar-refractivity contribution in [2.75, 3.05) is 11.9 Å². The second-order valence-corrected chi connectivity index (χ2v) is 6.75. The lowest BCUT2D eigenvalue weighted by Gasteiger charge is -2.24. The first-order valence-electron chi connectivity index (χ1n) is 7.92. The zero-order valence-corrected chi connectivity index (χ0v) is 14.0. The minimum Gasteiger partial charge on any atom is -0.300 e. The molecule has 1 saturated heterocycles. The number of nitrogens with zero attached hydrogens (tertiary/aromatic N) is 3. The molecule has 5 nitrogen and oxygen atoms in total. The van der Waals surface area contributed by atoms with Gasteiger partial charge in [-0.2, -0.15) is 0 Å². The highest BCUT2D eigenvalue weighted by Crippen LogP contribution is 2.41. The van der Waals surface area contributed by atoms with Crippen molar-refractivity contribution in [1.82, 2.24) is 9.88 Å². The van der Waals surface area contributed by atoms with Crippen molar-refractivity contribution in [3.8, 4) is 11.1 Å². The summed E-state index contributed by atoms with van der Waals surface area (Å²) in [4.78, 5) is 19.9. The second-order valence-electron chi connectivity index (χ2n) is 6.32. The SMILES string of the molecule is CN1C(=N)N(c2cccc(-c3cncc(Cl)c3)c2)C(C2CC2)C1=O. The van der Waals surface area contributed by atoms with E-state index in [0.29, 0.717) is 10.9 Å². The number of aromatic nitrogens is 1. The number of carbonyl (C=O) groups excluding carboxylic acids is 1. The average Bonchev–Trinajstić information content (AvgIpc) is 3.39. The van der Waals surface area contributed by atoms with Crippen molar-refractivity contribution in [3.63, 3.8) is 0 Å². The number of amides is 1. The van der Waals surface area contributed by atoms with Gasteiger partial charge in [0.25, 0.3) is 5.91 Å². The zero-order valence-electron chi connectivity index (χ0n) is 13.2. The van der Waals surface area contributed by atoms with Gasteiger partial charge in [-0.1, -0.05) is 23.7 Å². The van der Waals surface area contributed by atoms with E-state index in [-0.39, 0.29) is 17.9 Å². The maximum absolute atomic E-state index is 12.5. The van der Waals surface area contributed by atoms with Gasteiger partial charge in [-0.05, 0) is 42.5 Å². The number of carbonyl (C=O) groups is 1. The summed E-state index contributed by atoms with van der Waals surface area (Å²) in [6, 6.07) is 9.45. The van der Waals surface area contributed by atoms with Crippen molar-refractivity contribution in [1.29, 1.82) is 5.41 Å². The van der Waals surface area contributed by atoms with Crippen LogP contribution in [0.1, 0.15) is 12.8 Å². The molecule has 1 saturated carbocycles. The van der Waals surface area contributed by atoms with Crippen LogP contribution in [0.3, 0.4) is 0 Å². The van der Waals surface area contributed by atoms with Gasteiger partial charge < -0.3 is 0 Å². The maximum atomic E-state index is 12.5. The van der Waals surface area contributed by atoms with E-state index < -0.39 is 0 Å². The normalized spacial score (nSPS) is 20.8. The molecule has 1 N–H and O–H groups in total. The van der Waals surface area contributed by atoms with Crippen LogP contribution in [-0.4, -0.2) is 34.8 Å². The smallest absolute Gasteiger partial charge is 0.252 e. The van der Waals surface area contributed by atoms with Gasteiger partial charge in [0.2, 0.25) is 5.96 Å². The summed E-state index contributed by atoms with van der Waals surface area (Å²) >= 11 is 6.04. The van der Waals surface area contributed by atoms with E-state index in [1.807, 2.05) is 35.2 Å². The molecule has 24 heavy (non-hydrogen) atoms. The summed E-state index contributed by atoms with van der Waals surface area (Å²) < 4.78 is 0. The molecule has 1 aliphatic carbocycles. The molecule has 1 aromatic carbocycles. The first-order valence-corrected chi connectivity index (χ1v) is 8.30. The molecule has 0 spiro atoms. The number of anilines is 1. The fourth-order valence-electron chi connectivity index (χ4n) is 3.22. The Morgan fingerprint density at radius 3 is 2.71 bits per heavy atom. The molecule has 0 bridgehead atoms. The minimum atomic E-state index is -0.254. The van der Waals surface area contributed by atoms with Crippen molar-refractivity contribution in [3.05, 3.63) is 47.7 Å². The van der Waals surface area contributed by atoms with Crippen LogP contribution in [0.5, 0.6) is 0 Å². The van der Waals surface area contributed by atoms with Crippen LogP contribution >= 0.6 is 11.6 Å². The number of nitrogens with one attached hydrogen (secondary N) is 1. The maximum Gasteiger partial charge on any atom is 0.252 e. The summed E-state index contributed by atoms with van der Waals surface area (Å²) in [5.74, 6) is 0.592. The van der Waals surface area contributed by atoms with Gasteiger partial charge in [0.05, 0.1) is 5.02 Å². The fourth-order valence-corrected chi connectivity index (χ4v) is 3.39. The molecule has 1 aliphatic heterocycles. The van der Waals surface area contributed by atoms with Crippen LogP contribution in [0, 0.1) is 11.3 Å². The number of hydrogen-bond acceptors (Lipinski definition) is 3. The van der Waals surface area contributed by atoms with Crippen LogP contribution < -0.4 is 4.90 Å². The van der Waals surface area contributed by atoms with Crippen LogP contribution in [-0.2, 0) is 4.79 Å². The van der Waals surface area contributed by atoms with Gasteiger partial charge in [-0.3, -0.25) is 25.0 Å². The minimum absolute atomic E-state index is 0.0114. The Morgan fingerprint density at radius 1 is 1.21 bits per heavy atom. The molecule has 4 rings (SSSR count). The Balaban J connectivity index is 1.75. The molecule has 0 radical (unpaired) electrons. The molecule has 1 unspecified atom stereocenters. The molecule has 122 valence electrons. The molecule has 1 atom stereocenters. The molecule has 6 heteroatoms. The first kappa shape index (κ1) is 15.1. The Hall–Kier alpha value is -2.40. The Morgan fingerprint density at radius 2 is 2.00 bits per heavy atom. The quantitative estimate of drug-likeness (QED) is 0.931. The monoisotopic (exact) mass is 340 g/mol. The van der Waals surface area contributed by atoms with Crippen molar-refractivity contribution in [2.45, 2.75) is 18.9 Å². The van der Waals surface area contributed by atoms with E-state index in [0.717, 1.165) is 29.7 Å². The van der Waals surface area contributed by atoms with E-state index in [1.165, 1.54) is 4.90 Å². The second kappa shape index (κ2) is 5.60. The van der Waals surface area contributed by atoms with Gasteiger partial charge in [0.15, 0.2) is 0 Å². The third-order valence-corrected chi connectivity index (χ3v) is 4.85. The van der Waals surface area contributed by atoms with Gasteiger partial charge in [-0.15, -0.1) is 0 Å². The van der Waals surface area contributed by atoms with Gasteiger partial charge in [0.1, 0.15) is 6.04 Å². The standard InChI is InChI=1S/C18H17ClN4O/c1-22-17(24)16(11-5-6-11)23(18(22)20)15-4-2-3-12(8-15)13-7-14(19)10-21-9-13/h2-4,7-11,16,20H,5-6H2,1H3. The molecule has 2 aliphatic rings. The largest absolute Gasteiger partial charge is 0.300 e. The Labute approximate surface area is 145 Å². The Bertz CT molecular complexity index is 833.